The van der Waals surface area contributed by atoms with Gasteiger partial charge in [-0.3, -0.25) is 0 Å². The van der Waals surface area contributed by atoms with Crippen LogP contribution in [-0.4, -0.2) is 9.49 Å². The Kier molecular flexibility index (Phi) is 2.38. The van der Waals surface area contributed by atoms with Gasteiger partial charge in [0.1, 0.15) is 0 Å². The SMILES string of the molecule is CC1=CC2=C3CCCC3=C3C=C(C)S[C@]3(C)[C@@]2(C)S1. The van der Waals surface area contributed by atoms with Crippen LogP contribution in [0.15, 0.2) is 44.3 Å². The number of allylic oxidation sites excluding steroid dienone is 6. The van der Waals surface area contributed by atoms with Gasteiger partial charge in [0.25, 0.3) is 0 Å². The summed E-state index contributed by atoms with van der Waals surface area (Å²) in [6.45, 7) is 9.50. The first-order valence-electron chi connectivity index (χ1n) is 7.18. The summed E-state index contributed by atoms with van der Waals surface area (Å²) < 4.78 is 0.461. The van der Waals surface area contributed by atoms with Gasteiger partial charge in [-0.05, 0) is 91.2 Å². The smallest absolute Gasteiger partial charge is 0.0615 e. The van der Waals surface area contributed by atoms with Crippen molar-refractivity contribution in [2.75, 3.05) is 0 Å². The monoisotopic (exact) mass is 288 g/mol. The molecule has 2 atom stereocenters. The topological polar surface area (TPSA) is 0 Å². The number of hydrogen-bond acceptors (Lipinski definition) is 2. The lowest BCUT2D eigenvalue weighted by atomic mass is 9.72. The van der Waals surface area contributed by atoms with Crippen molar-refractivity contribution < 1.29 is 0 Å². The summed E-state index contributed by atoms with van der Waals surface area (Å²) in [5, 5.41) is 0. The zero-order valence-electron chi connectivity index (χ0n) is 12.1. The second kappa shape index (κ2) is 3.65. The van der Waals surface area contributed by atoms with Crippen molar-refractivity contribution >= 4 is 23.5 Å². The predicted octanol–water partition coefficient (Wildman–Crippen LogP) is 5.60. The fourth-order valence-electron chi connectivity index (χ4n) is 4.29. The minimum Gasteiger partial charge on any atom is -0.118 e. The molecular weight excluding hydrogens is 268 g/mol. The predicted molar refractivity (Wildman–Crippen MR) is 87.4 cm³/mol. The summed E-state index contributed by atoms with van der Waals surface area (Å²) in [5.41, 5.74) is 6.66. The molecule has 0 aromatic carbocycles. The van der Waals surface area contributed by atoms with Crippen LogP contribution in [0.1, 0.15) is 47.0 Å². The Balaban J connectivity index is 2.04. The van der Waals surface area contributed by atoms with Crippen LogP contribution in [0.2, 0.25) is 0 Å². The van der Waals surface area contributed by atoms with Crippen molar-refractivity contribution in [1.82, 2.24) is 0 Å². The molecule has 2 aliphatic carbocycles. The molecule has 0 radical (unpaired) electrons. The molecule has 0 bridgehead atoms. The maximum absolute atomic E-state index is 2.47. The molecule has 100 valence electrons. The van der Waals surface area contributed by atoms with Gasteiger partial charge >= 0.3 is 0 Å². The largest absolute Gasteiger partial charge is 0.118 e. The van der Waals surface area contributed by atoms with Gasteiger partial charge in [-0.25, -0.2) is 0 Å². The normalized spacial score (nSPS) is 40.2. The Labute approximate surface area is 124 Å². The maximum Gasteiger partial charge on any atom is 0.0615 e. The Bertz CT molecular complexity index is 563. The van der Waals surface area contributed by atoms with Gasteiger partial charge in [-0.1, -0.05) is 0 Å². The zero-order chi connectivity index (χ0) is 13.4. The van der Waals surface area contributed by atoms with E-state index in [1.807, 2.05) is 0 Å². The highest BCUT2D eigenvalue weighted by molar-refractivity contribution is 8.09. The molecule has 1 saturated carbocycles. The summed E-state index contributed by atoms with van der Waals surface area (Å²) in [6.07, 6.45) is 8.88. The van der Waals surface area contributed by atoms with Crippen LogP contribution >= 0.6 is 23.5 Å². The Morgan fingerprint density at radius 1 is 0.842 bits per heavy atom. The lowest BCUT2D eigenvalue weighted by Gasteiger charge is -2.47. The van der Waals surface area contributed by atoms with Crippen LogP contribution in [0.3, 0.4) is 0 Å². The van der Waals surface area contributed by atoms with Crippen molar-refractivity contribution in [3.8, 4) is 0 Å². The summed E-state index contributed by atoms with van der Waals surface area (Å²) in [5.74, 6) is 0. The van der Waals surface area contributed by atoms with Gasteiger partial charge in [-0.2, -0.15) is 0 Å². The zero-order valence-corrected chi connectivity index (χ0v) is 13.7. The summed E-state index contributed by atoms with van der Waals surface area (Å²) in [7, 11) is 0. The second-order valence-corrected chi connectivity index (χ2v) is 9.75. The quantitative estimate of drug-likeness (QED) is 0.569. The van der Waals surface area contributed by atoms with Crippen molar-refractivity contribution in [2.45, 2.75) is 56.5 Å². The summed E-state index contributed by atoms with van der Waals surface area (Å²) in [6, 6.07) is 0. The molecule has 4 rings (SSSR count). The van der Waals surface area contributed by atoms with E-state index in [1.54, 1.807) is 22.3 Å². The molecule has 0 aromatic rings. The second-order valence-electron chi connectivity index (χ2n) is 6.42. The average molecular weight is 288 g/mol. The first-order valence-corrected chi connectivity index (χ1v) is 8.81. The van der Waals surface area contributed by atoms with Crippen LogP contribution < -0.4 is 0 Å². The Hall–Kier alpha value is -0.340. The highest BCUT2D eigenvalue weighted by Crippen LogP contribution is 2.67. The first-order chi connectivity index (χ1) is 8.96. The van der Waals surface area contributed by atoms with Crippen LogP contribution in [0.4, 0.5) is 0 Å². The molecule has 1 fully saturated rings. The van der Waals surface area contributed by atoms with E-state index in [4.69, 9.17) is 0 Å². The fraction of sp³-hybridized carbons (Fsp3) is 0.529. The van der Waals surface area contributed by atoms with Crippen molar-refractivity contribution in [3.05, 3.63) is 44.3 Å². The van der Waals surface area contributed by atoms with Gasteiger partial charge in [0, 0.05) is 0 Å². The molecule has 4 aliphatic rings. The van der Waals surface area contributed by atoms with Gasteiger partial charge in [-0.15, -0.1) is 23.5 Å². The van der Waals surface area contributed by atoms with E-state index in [9.17, 15) is 0 Å². The third kappa shape index (κ3) is 1.35. The molecule has 2 heterocycles. The summed E-state index contributed by atoms with van der Waals surface area (Å²) in [4.78, 5) is 2.98. The molecule has 0 nitrogen and oxygen atoms in total. The van der Waals surface area contributed by atoms with Gasteiger partial charge < -0.3 is 0 Å². The number of rotatable bonds is 0. The van der Waals surface area contributed by atoms with E-state index < -0.39 is 0 Å². The maximum atomic E-state index is 2.47. The van der Waals surface area contributed by atoms with Crippen LogP contribution in [0.25, 0.3) is 0 Å². The molecule has 2 heteroatoms. The minimum atomic E-state index is 0.231. The Morgan fingerprint density at radius 3 is 1.68 bits per heavy atom. The molecule has 0 spiro atoms. The van der Waals surface area contributed by atoms with E-state index in [-0.39, 0.29) is 9.49 Å². The molecule has 0 aromatic heterocycles. The van der Waals surface area contributed by atoms with Crippen LogP contribution in [0.5, 0.6) is 0 Å². The van der Waals surface area contributed by atoms with Crippen molar-refractivity contribution in [1.29, 1.82) is 0 Å². The summed E-state index contributed by atoms with van der Waals surface area (Å²) >= 11 is 4.19. The third-order valence-electron chi connectivity index (χ3n) is 5.23. The minimum absolute atomic E-state index is 0.231. The van der Waals surface area contributed by atoms with Crippen molar-refractivity contribution in [2.24, 2.45) is 0 Å². The molecule has 2 aliphatic heterocycles. The molecular formula is C17H20S2. The first kappa shape index (κ1) is 12.4. The van der Waals surface area contributed by atoms with Crippen LogP contribution in [-0.2, 0) is 0 Å². The third-order valence-corrected chi connectivity index (χ3v) is 8.31. The van der Waals surface area contributed by atoms with E-state index in [2.05, 4.69) is 63.4 Å². The average Bonchev–Trinajstić information content (AvgIpc) is 2.95. The van der Waals surface area contributed by atoms with E-state index in [0.29, 0.717) is 0 Å². The molecule has 0 saturated heterocycles. The standard InChI is InChI=1S/C17H20S2/c1-10-8-14-12-6-5-7-13(12)15-9-11(2)19-17(15,4)16(14,3)18-10/h8-9H,5-7H2,1-4H3/t16-,17-/m0/s1. The molecule has 19 heavy (non-hydrogen) atoms. The van der Waals surface area contributed by atoms with Crippen molar-refractivity contribution in [3.63, 3.8) is 0 Å². The molecule has 0 unspecified atom stereocenters. The number of thioether (sulfide) groups is 2. The van der Waals surface area contributed by atoms with E-state index in [1.165, 1.54) is 29.1 Å². The van der Waals surface area contributed by atoms with Gasteiger partial charge in [0.15, 0.2) is 0 Å². The lowest BCUT2D eigenvalue weighted by molar-refractivity contribution is 0.607. The van der Waals surface area contributed by atoms with Gasteiger partial charge in [0.2, 0.25) is 0 Å². The van der Waals surface area contributed by atoms with E-state index in [0.717, 1.165) is 0 Å². The highest BCUT2D eigenvalue weighted by Gasteiger charge is 2.58. The molecule has 0 N–H and O–H groups in total. The fourth-order valence-corrected chi connectivity index (χ4v) is 7.38. The van der Waals surface area contributed by atoms with Crippen LogP contribution in [0, 0.1) is 0 Å². The highest BCUT2D eigenvalue weighted by atomic mass is 32.2. The van der Waals surface area contributed by atoms with E-state index >= 15 is 0 Å². The number of hydrogen-bond donors (Lipinski definition) is 0. The molecule has 0 amide bonds. The van der Waals surface area contributed by atoms with Gasteiger partial charge in [0.05, 0.1) is 9.49 Å². The number of fused-ring (bicyclic) bond motifs is 4. The Morgan fingerprint density at radius 2 is 1.26 bits per heavy atom. The lowest BCUT2D eigenvalue weighted by Crippen LogP contribution is -2.47.